The van der Waals surface area contributed by atoms with Crippen LogP contribution in [-0.4, -0.2) is 5.79 Å². The van der Waals surface area contributed by atoms with Gasteiger partial charge >= 0.3 is 0 Å². The van der Waals surface area contributed by atoms with Crippen LogP contribution < -0.4 is 0 Å². The van der Waals surface area contributed by atoms with Crippen molar-refractivity contribution >= 4 is 0 Å². The van der Waals surface area contributed by atoms with Crippen LogP contribution in [0.5, 0.6) is 0 Å². The van der Waals surface area contributed by atoms with E-state index in [2.05, 4.69) is 20.8 Å². The Morgan fingerprint density at radius 2 is 2.00 bits per heavy atom. The van der Waals surface area contributed by atoms with Crippen LogP contribution in [0.4, 0.5) is 0 Å². The van der Waals surface area contributed by atoms with Crippen molar-refractivity contribution in [2.45, 2.75) is 71.5 Å². The molecule has 96 valence electrons. The minimum Gasteiger partial charge on any atom is -0.195 e. The van der Waals surface area contributed by atoms with Crippen LogP contribution in [0.1, 0.15) is 65.7 Å². The lowest BCUT2D eigenvalue weighted by atomic mass is 9.81. The first kappa shape index (κ1) is 11.7. The second-order valence-corrected chi connectivity index (χ2v) is 6.61. The van der Waals surface area contributed by atoms with Gasteiger partial charge in [0.2, 0.25) is 5.79 Å². The molecule has 0 bridgehead atoms. The zero-order chi connectivity index (χ0) is 12.1. The molecule has 2 aliphatic carbocycles. The first-order valence-corrected chi connectivity index (χ1v) is 7.18. The van der Waals surface area contributed by atoms with Crippen molar-refractivity contribution in [3.05, 3.63) is 11.1 Å². The molecule has 1 saturated heterocycles. The number of hydrogen-bond donors (Lipinski definition) is 0. The summed E-state index contributed by atoms with van der Waals surface area (Å²) >= 11 is 0. The Hall–Kier alpha value is -0.340. The van der Waals surface area contributed by atoms with Crippen molar-refractivity contribution < 1.29 is 9.78 Å². The Balaban J connectivity index is 1.65. The Kier molecular flexibility index (Phi) is 2.64. The predicted molar refractivity (Wildman–Crippen MR) is 67.2 cm³/mol. The minimum atomic E-state index is -0.207. The second-order valence-electron chi connectivity index (χ2n) is 6.61. The molecule has 0 radical (unpaired) electrons. The minimum absolute atomic E-state index is 0.207. The van der Waals surface area contributed by atoms with Gasteiger partial charge in [0.25, 0.3) is 0 Å². The average Bonchev–Trinajstić information content (AvgIpc) is 3.12. The smallest absolute Gasteiger partial charge is 0.195 e. The summed E-state index contributed by atoms with van der Waals surface area (Å²) in [6, 6.07) is 0. The summed E-state index contributed by atoms with van der Waals surface area (Å²) in [6.45, 7) is 7.02. The molecule has 1 fully saturated rings. The molecule has 0 saturated carbocycles. The van der Waals surface area contributed by atoms with Crippen molar-refractivity contribution in [1.82, 2.24) is 0 Å². The second kappa shape index (κ2) is 3.83. The summed E-state index contributed by atoms with van der Waals surface area (Å²) in [5.74, 6) is 0.501. The van der Waals surface area contributed by atoms with Crippen molar-refractivity contribution in [2.24, 2.45) is 11.3 Å². The molecule has 0 spiro atoms. The molecule has 3 aliphatic rings. The number of allylic oxidation sites excluding steroid dienone is 2. The molecule has 2 nitrogen and oxygen atoms in total. The fourth-order valence-electron chi connectivity index (χ4n) is 3.78. The van der Waals surface area contributed by atoms with Crippen LogP contribution in [-0.2, 0) is 9.78 Å². The topological polar surface area (TPSA) is 25.1 Å². The number of rotatable bonds is 4. The molecule has 0 N–H and O–H groups in total. The molecule has 1 atom stereocenters. The molecule has 0 aromatic rings. The summed E-state index contributed by atoms with van der Waals surface area (Å²) in [5, 5.41) is 0. The van der Waals surface area contributed by atoms with Crippen LogP contribution in [0.15, 0.2) is 11.1 Å². The molecule has 0 amide bonds. The highest BCUT2D eigenvalue weighted by atomic mass is 17.4. The highest BCUT2D eigenvalue weighted by Gasteiger charge is 2.56. The zero-order valence-electron chi connectivity index (χ0n) is 11.3. The van der Waals surface area contributed by atoms with E-state index in [-0.39, 0.29) is 5.79 Å². The van der Waals surface area contributed by atoms with Crippen molar-refractivity contribution in [3.8, 4) is 0 Å². The van der Waals surface area contributed by atoms with E-state index in [0.29, 0.717) is 11.3 Å². The molecule has 0 aromatic heterocycles. The molecular formula is C15H24O2. The first-order chi connectivity index (χ1) is 8.08. The summed E-state index contributed by atoms with van der Waals surface area (Å²) in [5.41, 5.74) is 3.91. The maximum Gasteiger partial charge on any atom is 0.235 e. The fraction of sp³-hybridized carbons (Fsp3) is 0.867. The third kappa shape index (κ3) is 2.06. The van der Waals surface area contributed by atoms with Gasteiger partial charge in [0.1, 0.15) is 0 Å². The van der Waals surface area contributed by atoms with E-state index in [1.54, 1.807) is 11.1 Å². The Morgan fingerprint density at radius 1 is 1.24 bits per heavy atom. The molecule has 1 heterocycles. The van der Waals surface area contributed by atoms with Crippen molar-refractivity contribution in [2.75, 3.05) is 0 Å². The maximum atomic E-state index is 5.27. The van der Waals surface area contributed by atoms with E-state index in [1.807, 2.05) is 0 Å². The third-order valence-corrected chi connectivity index (χ3v) is 4.72. The van der Waals surface area contributed by atoms with Crippen LogP contribution in [0.2, 0.25) is 0 Å². The lowest BCUT2D eigenvalue weighted by Crippen LogP contribution is -2.17. The van der Waals surface area contributed by atoms with Crippen LogP contribution in [0, 0.1) is 11.3 Å². The predicted octanol–water partition coefficient (Wildman–Crippen LogP) is 4.36. The summed E-state index contributed by atoms with van der Waals surface area (Å²) in [6.07, 6.45) is 8.71. The summed E-state index contributed by atoms with van der Waals surface area (Å²) in [4.78, 5) is 10.5. The van der Waals surface area contributed by atoms with Gasteiger partial charge in [0.05, 0.1) is 0 Å². The van der Waals surface area contributed by atoms with Gasteiger partial charge in [-0.25, -0.2) is 0 Å². The van der Waals surface area contributed by atoms with E-state index >= 15 is 0 Å². The third-order valence-electron chi connectivity index (χ3n) is 4.72. The zero-order valence-corrected chi connectivity index (χ0v) is 11.3. The average molecular weight is 236 g/mol. The van der Waals surface area contributed by atoms with Gasteiger partial charge in [0, 0.05) is 18.8 Å². The molecule has 17 heavy (non-hydrogen) atoms. The summed E-state index contributed by atoms with van der Waals surface area (Å²) < 4.78 is 0. The van der Waals surface area contributed by atoms with E-state index in [9.17, 15) is 0 Å². The highest BCUT2D eigenvalue weighted by molar-refractivity contribution is 5.46. The molecule has 0 aromatic carbocycles. The normalized spacial score (nSPS) is 33.0. The molecule has 2 heteroatoms. The Morgan fingerprint density at radius 3 is 2.65 bits per heavy atom. The van der Waals surface area contributed by atoms with Gasteiger partial charge in [0.15, 0.2) is 0 Å². The van der Waals surface area contributed by atoms with Gasteiger partial charge in [-0.15, -0.1) is 0 Å². The van der Waals surface area contributed by atoms with Gasteiger partial charge < -0.3 is 0 Å². The van der Waals surface area contributed by atoms with E-state index in [1.165, 1.54) is 25.7 Å². The van der Waals surface area contributed by atoms with E-state index in [0.717, 1.165) is 19.3 Å². The quantitative estimate of drug-likeness (QED) is 0.411. The highest BCUT2D eigenvalue weighted by Crippen LogP contribution is 2.60. The monoisotopic (exact) mass is 236 g/mol. The standard InChI is InChI=1S/C15H24O2/c1-4-8-15(16-17-15)10-12-11-7-5-6-9-14(2,3)13(11)12/h12H,4-10H2,1-3H3. The summed E-state index contributed by atoms with van der Waals surface area (Å²) in [7, 11) is 0. The van der Waals surface area contributed by atoms with Gasteiger partial charge in [-0.2, -0.15) is 9.78 Å². The molecule has 1 aliphatic heterocycles. The van der Waals surface area contributed by atoms with Gasteiger partial charge in [-0.3, -0.25) is 0 Å². The Bertz CT molecular complexity index is 350. The van der Waals surface area contributed by atoms with Crippen molar-refractivity contribution in [3.63, 3.8) is 0 Å². The lowest BCUT2D eigenvalue weighted by Gasteiger charge is -2.23. The Labute approximate surface area is 104 Å². The van der Waals surface area contributed by atoms with Crippen molar-refractivity contribution in [1.29, 1.82) is 0 Å². The lowest BCUT2D eigenvalue weighted by molar-refractivity contribution is 0.0850. The number of hydrogen-bond acceptors (Lipinski definition) is 2. The molecular weight excluding hydrogens is 212 g/mol. The molecule has 3 rings (SSSR count). The fourth-order valence-corrected chi connectivity index (χ4v) is 3.78. The van der Waals surface area contributed by atoms with Gasteiger partial charge in [-0.05, 0) is 24.7 Å². The SMILES string of the molecule is CCCC1(CC2C3=C2C(C)(C)CCCC3)OO1. The van der Waals surface area contributed by atoms with Gasteiger partial charge in [-0.1, -0.05) is 44.8 Å². The first-order valence-electron chi connectivity index (χ1n) is 7.18. The van der Waals surface area contributed by atoms with Crippen LogP contribution in [0.25, 0.3) is 0 Å². The van der Waals surface area contributed by atoms with Crippen LogP contribution in [0.3, 0.4) is 0 Å². The maximum absolute atomic E-state index is 5.27. The molecule has 1 unspecified atom stereocenters. The van der Waals surface area contributed by atoms with E-state index < -0.39 is 0 Å². The van der Waals surface area contributed by atoms with E-state index in [4.69, 9.17) is 9.78 Å². The largest absolute Gasteiger partial charge is 0.235 e. The van der Waals surface area contributed by atoms with Crippen LogP contribution >= 0.6 is 0 Å².